The van der Waals surface area contributed by atoms with E-state index in [0.717, 1.165) is 31.8 Å². The van der Waals surface area contributed by atoms with E-state index in [1.165, 1.54) is 49.0 Å². The van der Waals surface area contributed by atoms with Gasteiger partial charge in [-0.1, -0.05) is 42.8 Å². The molecule has 2 aromatic rings. The Labute approximate surface area is 168 Å². The standard InChI is InChI=1S/C24H32N2O2/c27-23(18-26-15-12-21-6-2-3-7-22(21)17-26)19-28-24-10-8-20(9-11-24)16-25-13-4-1-5-14-25/h2-3,6-11,23,27H,1,4-5,12-19H2/t23-/m1/s1. The molecule has 0 saturated carbocycles. The van der Waals surface area contributed by atoms with Crippen molar-refractivity contribution in [3.05, 3.63) is 65.2 Å². The molecule has 2 aromatic carbocycles. The summed E-state index contributed by atoms with van der Waals surface area (Å²) in [5, 5.41) is 10.4. The van der Waals surface area contributed by atoms with Crippen LogP contribution >= 0.6 is 0 Å². The van der Waals surface area contributed by atoms with Crippen LogP contribution in [0.4, 0.5) is 0 Å². The van der Waals surface area contributed by atoms with E-state index < -0.39 is 6.10 Å². The van der Waals surface area contributed by atoms with E-state index in [1.54, 1.807) is 0 Å². The van der Waals surface area contributed by atoms with E-state index >= 15 is 0 Å². The van der Waals surface area contributed by atoms with E-state index in [1.807, 2.05) is 12.1 Å². The van der Waals surface area contributed by atoms with Crippen LogP contribution in [-0.2, 0) is 19.5 Å². The first kappa shape index (κ1) is 19.4. The van der Waals surface area contributed by atoms with E-state index in [4.69, 9.17) is 4.74 Å². The number of aliphatic hydroxyl groups excluding tert-OH is 1. The van der Waals surface area contributed by atoms with Gasteiger partial charge in [-0.3, -0.25) is 9.80 Å². The lowest BCUT2D eigenvalue weighted by Crippen LogP contribution is -2.38. The summed E-state index contributed by atoms with van der Waals surface area (Å²) in [5.41, 5.74) is 4.15. The average Bonchev–Trinajstić information content (AvgIpc) is 2.74. The Morgan fingerprint density at radius 3 is 2.39 bits per heavy atom. The molecule has 1 atom stereocenters. The number of piperidine rings is 1. The lowest BCUT2D eigenvalue weighted by molar-refractivity contribution is 0.0638. The smallest absolute Gasteiger partial charge is 0.119 e. The van der Waals surface area contributed by atoms with Crippen molar-refractivity contribution < 1.29 is 9.84 Å². The summed E-state index contributed by atoms with van der Waals surface area (Å²) in [7, 11) is 0. The highest BCUT2D eigenvalue weighted by Gasteiger charge is 2.18. The van der Waals surface area contributed by atoms with Gasteiger partial charge in [-0.15, -0.1) is 0 Å². The molecule has 2 heterocycles. The highest BCUT2D eigenvalue weighted by molar-refractivity contribution is 5.29. The summed E-state index contributed by atoms with van der Waals surface area (Å²) in [6, 6.07) is 17.0. The summed E-state index contributed by atoms with van der Waals surface area (Å²) in [6.45, 7) is 6.36. The second-order valence-electron chi connectivity index (χ2n) is 8.20. The first-order chi connectivity index (χ1) is 13.8. The van der Waals surface area contributed by atoms with Crippen molar-refractivity contribution in [3.63, 3.8) is 0 Å². The molecule has 4 nitrogen and oxygen atoms in total. The SMILES string of the molecule is O[C@@H](COc1ccc(CN2CCCCC2)cc1)CN1CCc2ccccc2C1. The Morgan fingerprint density at radius 1 is 0.857 bits per heavy atom. The molecule has 2 aliphatic heterocycles. The third-order valence-electron chi connectivity index (χ3n) is 5.90. The lowest BCUT2D eigenvalue weighted by Gasteiger charge is -2.30. The van der Waals surface area contributed by atoms with Gasteiger partial charge in [0.25, 0.3) is 0 Å². The molecule has 0 bridgehead atoms. The van der Waals surface area contributed by atoms with Crippen molar-refractivity contribution in [3.8, 4) is 5.75 Å². The van der Waals surface area contributed by atoms with Crippen LogP contribution in [0.3, 0.4) is 0 Å². The molecule has 4 rings (SSSR count). The lowest BCUT2D eigenvalue weighted by atomic mass is 10.00. The minimum Gasteiger partial charge on any atom is -0.491 e. The van der Waals surface area contributed by atoms with Gasteiger partial charge in [0.2, 0.25) is 0 Å². The Balaban J connectivity index is 1.21. The van der Waals surface area contributed by atoms with Gasteiger partial charge in [0, 0.05) is 26.2 Å². The molecule has 0 unspecified atom stereocenters. The van der Waals surface area contributed by atoms with Crippen LogP contribution in [0.25, 0.3) is 0 Å². The molecular formula is C24H32N2O2. The molecule has 28 heavy (non-hydrogen) atoms. The zero-order chi connectivity index (χ0) is 19.2. The van der Waals surface area contributed by atoms with Crippen LogP contribution in [0.2, 0.25) is 0 Å². The van der Waals surface area contributed by atoms with Crippen molar-refractivity contribution in [1.82, 2.24) is 9.80 Å². The number of benzene rings is 2. The number of aliphatic hydroxyl groups is 1. The third kappa shape index (κ3) is 5.34. The molecule has 1 fully saturated rings. The molecule has 1 N–H and O–H groups in total. The molecule has 1 saturated heterocycles. The monoisotopic (exact) mass is 380 g/mol. The average molecular weight is 381 g/mol. The number of likely N-dealkylation sites (tertiary alicyclic amines) is 1. The van der Waals surface area contributed by atoms with Gasteiger partial charge >= 0.3 is 0 Å². The van der Waals surface area contributed by atoms with Crippen LogP contribution in [0.1, 0.15) is 36.0 Å². The number of rotatable bonds is 7. The zero-order valence-corrected chi connectivity index (χ0v) is 16.7. The molecule has 4 heteroatoms. The first-order valence-corrected chi connectivity index (χ1v) is 10.7. The van der Waals surface area contributed by atoms with E-state index in [2.05, 4.69) is 46.2 Å². The molecule has 150 valence electrons. The zero-order valence-electron chi connectivity index (χ0n) is 16.7. The van der Waals surface area contributed by atoms with Crippen LogP contribution in [0.5, 0.6) is 5.75 Å². The molecule has 0 spiro atoms. The van der Waals surface area contributed by atoms with Crippen molar-refractivity contribution in [2.24, 2.45) is 0 Å². The van der Waals surface area contributed by atoms with Gasteiger partial charge in [-0.2, -0.15) is 0 Å². The molecule has 2 aliphatic rings. The molecule has 0 aliphatic carbocycles. The molecule has 0 aromatic heterocycles. The normalized spacial score (nSPS) is 19.2. The summed E-state index contributed by atoms with van der Waals surface area (Å²) >= 11 is 0. The Morgan fingerprint density at radius 2 is 1.61 bits per heavy atom. The van der Waals surface area contributed by atoms with Crippen molar-refractivity contribution in [2.75, 3.05) is 32.8 Å². The predicted octanol–water partition coefficient (Wildman–Crippen LogP) is 3.47. The van der Waals surface area contributed by atoms with Crippen LogP contribution in [-0.4, -0.2) is 53.8 Å². The summed E-state index contributed by atoms with van der Waals surface area (Å²) in [5.74, 6) is 0.838. The number of β-amino-alcohol motifs (C(OH)–C–C–N with tert-alkyl or cyclic N) is 1. The van der Waals surface area contributed by atoms with Gasteiger partial charge in [0.1, 0.15) is 18.5 Å². The fourth-order valence-electron chi connectivity index (χ4n) is 4.32. The minimum atomic E-state index is -0.474. The van der Waals surface area contributed by atoms with Crippen LogP contribution < -0.4 is 4.74 Å². The number of nitrogens with zero attached hydrogens (tertiary/aromatic N) is 2. The highest BCUT2D eigenvalue weighted by atomic mass is 16.5. The third-order valence-corrected chi connectivity index (χ3v) is 5.90. The fraction of sp³-hybridized carbons (Fsp3) is 0.500. The predicted molar refractivity (Wildman–Crippen MR) is 112 cm³/mol. The minimum absolute atomic E-state index is 0.337. The van der Waals surface area contributed by atoms with Gasteiger partial charge in [-0.05, 0) is 61.2 Å². The highest BCUT2D eigenvalue weighted by Crippen LogP contribution is 2.19. The van der Waals surface area contributed by atoms with Gasteiger partial charge in [0.15, 0.2) is 0 Å². The van der Waals surface area contributed by atoms with Gasteiger partial charge in [-0.25, -0.2) is 0 Å². The van der Waals surface area contributed by atoms with E-state index in [-0.39, 0.29) is 0 Å². The van der Waals surface area contributed by atoms with Crippen molar-refractivity contribution in [2.45, 2.75) is 44.9 Å². The van der Waals surface area contributed by atoms with Crippen molar-refractivity contribution >= 4 is 0 Å². The Hall–Kier alpha value is -1.88. The molecule has 0 radical (unpaired) electrons. The Bertz CT molecular complexity index is 741. The van der Waals surface area contributed by atoms with Crippen LogP contribution in [0, 0.1) is 0 Å². The number of ether oxygens (including phenoxy) is 1. The number of hydrogen-bond donors (Lipinski definition) is 1. The van der Waals surface area contributed by atoms with E-state index in [9.17, 15) is 5.11 Å². The fourth-order valence-corrected chi connectivity index (χ4v) is 4.32. The maximum absolute atomic E-state index is 10.4. The van der Waals surface area contributed by atoms with Crippen molar-refractivity contribution in [1.29, 1.82) is 0 Å². The quantitative estimate of drug-likeness (QED) is 0.798. The Kier molecular flexibility index (Phi) is 6.63. The van der Waals surface area contributed by atoms with Gasteiger partial charge < -0.3 is 9.84 Å². The molecule has 0 amide bonds. The maximum atomic E-state index is 10.4. The van der Waals surface area contributed by atoms with Gasteiger partial charge in [0.05, 0.1) is 0 Å². The summed E-state index contributed by atoms with van der Waals surface area (Å²) in [4.78, 5) is 4.85. The topological polar surface area (TPSA) is 35.9 Å². The second kappa shape index (κ2) is 9.55. The summed E-state index contributed by atoms with van der Waals surface area (Å²) in [6.07, 6.45) is 4.60. The molecular weight excluding hydrogens is 348 g/mol. The largest absolute Gasteiger partial charge is 0.491 e. The second-order valence-corrected chi connectivity index (χ2v) is 8.20. The summed E-state index contributed by atoms with van der Waals surface area (Å²) < 4.78 is 5.83. The first-order valence-electron chi connectivity index (χ1n) is 10.7. The maximum Gasteiger partial charge on any atom is 0.119 e. The number of hydrogen-bond acceptors (Lipinski definition) is 4. The number of fused-ring (bicyclic) bond motifs is 1. The van der Waals surface area contributed by atoms with E-state index in [0.29, 0.717) is 13.2 Å². The van der Waals surface area contributed by atoms with Crippen LogP contribution in [0.15, 0.2) is 48.5 Å².